The summed E-state index contributed by atoms with van der Waals surface area (Å²) in [6, 6.07) is 2.01. The average molecular weight is 209 g/mol. The second-order valence-electron chi connectivity index (χ2n) is 3.54. The standard InChI is InChI=1S/C10H15N3O2/c1-7-8(4-6-15-7)12-10-11-5-3-9(13-10)14-2/h3,5,7-8H,4,6H2,1-2H3,(H,11,12,13). The van der Waals surface area contributed by atoms with Crippen molar-refractivity contribution in [3.63, 3.8) is 0 Å². The molecule has 2 atom stereocenters. The van der Waals surface area contributed by atoms with Gasteiger partial charge in [-0.2, -0.15) is 4.98 Å². The first-order chi connectivity index (χ1) is 7.29. The zero-order valence-electron chi connectivity index (χ0n) is 8.93. The molecule has 1 aliphatic rings. The van der Waals surface area contributed by atoms with Crippen LogP contribution in [0.25, 0.3) is 0 Å². The molecule has 0 bridgehead atoms. The van der Waals surface area contributed by atoms with Crippen LogP contribution in [0.1, 0.15) is 13.3 Å². The van der Waals surface area contributed by atoms with Crippen LogP contribution >= 0.6 is 0 Å². The largest absolute Gasteiger partial charge is 0.481 e. The Morgan fingerprint density at radius 2 is 2.47 bits per heavy atom. The minimum absolute atomic E-state index is 0.208. The zero-order valence-corrected chi connectivity index (χ0v) is 8.93. The lowest BCUT2D eigenvalue weighted by molar-refractivity contribution is 0.121. The van der Waals surface area contributed by atoms with Crippen LogP contribution in [0.2, 0.25) is 0 Å². The van der Waals surface area contributed by atoms with Crippen LogP contribution in [-0.2, 0) is 4.74 Å². The van der Waals surface area contributed by atoms with Gasteiger partial charge in [0.05, 0.1) is 19.3 Å². The molecule has 5 nitrogen and oxygen atoms in total. The van der Waals surface area contributed by atoms with E-state index in [0.717, 1.165) is 13.0 Å². The summed E-state index contributed by atoms with van der Waals surface area (Å²) in [5, 5.41) is 3.24. The van der Waals surface area contributed by atoms with E-state index in [0.29, 0.717) is 11.8 Å². The SMILES string of the molecule is COc1ccnc(NC2CCOC2C)n1. The lowest BCUT2D eigenvalue weighted by atomic mass is 10.2. The Kier molecular flexibility index (Phi) is 3.01. The molecule has 1 aliphatic heterocycles. The molecule has 0 aromatic carbocycles. The lowest BCUT2D eigenvalue weighted by Gasteiger charge is -2.15. The summed E-state index contributed by atoms with van der Waals surface area (Å²) in [5.74, 6) is 1.16. The first-order valence-electron chi connectivity index (χ1n) is 5.05. The average Bonchev–Trinajstić information content (AvgIpc) is 2.65. The summed E-state index contributed by atoms with van der Waals surface area (Å²) in [6.07, 6.45) is 2.87. The fourth-order valence-corrected chi connectivity index (χ4v) is 1.61. The van der Waals surface area contributed by atoms with Crippen molar-refractivity contribution in [2.24, 2.45) is 0 Å². The first kappa shape index (κ1) is 10.2. The van der Waals surface area contributed by atoms with Crippen LogP contribution in [0.5, 0.6) is 5.88 Å². The molecule has 15 heavy (non-hydrogen) atoms. The predicted octanol–water partition coefficient (Wildman–Crippen LogP) is 1.07. The number of rotatable bonds is 3. The predicted molar refractivity (Wildman–Crippen MR) is 56.0 cm³/mol. The van der Waals surface area contributed by atoms with Gasteiger partial charge in [-0.1, -0.05) is 0 Å². The second-order valence-corrected chi connectivity index (χ2v) is 3.54. The topological polar surface area (TPSA) is 56.3 Å². The van der Waals surface area contributed by atoms with E-state index < -0.39 is 0 Å². The Labute approximate surface area is 88.8 Å². The van der Waals surface area contributed by atoms with E-state index in [1.807, 2.05) is 6.92 Å². The number of methoxy groups -OCH3 is 1. The number of ether oxygens (including phenoxy) is 2. The number of hydrogen-bond acceptors (Lipinski definition) is 5. The van der Waals surface area contributed by atoms with Crippen molar-refractivity contribution in [2.45, 2.75) is 25.5 Å². The highest BCUT2D eigenvalue weighted by atomic mass is 16.5. The molecular formula is C10H15N3O2. The quantitative estimate of drug-likeness (QED) is 0.807. The number of hydrogen-bond donors (Lipinski definition) is 1. The summed E-state index contributed by atoms with van der Waals surface area (Å²) in [5.41, 5.74) is 0. The Hall–Kier alpha value is -1.36. The number of anilines is 1. The van der Waals surface area contributed by atoms with Crippen LogP contribution in [0, 0.1) is 0 Å². The molecule has 1 aromatic heterocycles. The fourth-order valence-electron chi connectivity index (χ4n) is 1.61. The molecule has 1 saturated heterocycles. The fraction of sp³-hybridized carbons (Fsp3) is 0.600. The van der Waals surface area contributed by atoms with Crippen molar-refractivity contribution in [3.05, 3.63) is 12.3 Å². The second kappa shape index (κ2) is 4.44. The smallest absolute Gasteiger partial charge is 0.226 e. The maximum atomic E-state index is 5.44. The molecule has 5 heteroatoms. The van der Waals surface area contributed by atoms with Gasteiger partial charge in [0.1, 0.15) is 0 Å². The van der Waals surface area contributed by atoms with E-state index in [1.54, 1.807) is 19.4 Å². The Bertz CT molecular complexity index is 332. The van der Waals surface area contributed by atoms with Gasteiger partial charge in [0.25, 0.3) is 0 Å². The van der Waals surface area contributed by atoms with Crippen molar-refractivity contribution in [1.29, 1.82) is 0 Å². The molecular weight excluding hydrogens is 194 g/mol. The van der Waals surface area contributed by atoms with Crippen molar-refractivity contribution >= 4 is 5.95 Å². The highest BCUT2D eigenvalue weighted by Crippen LogP contribution is 2.17. The van der Waals surface area contributed by atoms with Gasteiger partial charge in [0.2, 0.25) is 11.8 Å². The number of nitrogens with zero attached hydrogens (tertiary/aromatic N) is 2. The minimum Gasteiger partial charge on any atom is -0.481 e. The van der Waals surface area contributed by atoms with E-state index in [2.05, 4.69) is 15.3 Å². The summed E-state index contributed by atoms with van der Waals surface area (Å²) in [6.45, 7) is 2.84. The third-order valence-electron chi connectivity index (χ3n) is 2.53. The molecule has 1 fully saturated rings. The molecule has 2 rings (SSSR count). The molecule has 0 spiro atoms. The van der Waals surface area contributed by atoms with Crippen LogP contribution in [0.3, 0.4) is 0 Å². The summed E-state index contributed by atoms with van der Waals surface area (Å²) in [4.78, 5) is 8.32. The molecule has 0 radical (unpaired) electrons. The Balaban J connectivity index is 2.03. The normalized spacial score (nSPS) is 25.2. The van der Waals surface area contributed by atoms with E-state index in [9.17, 15) is 0 Å². The molecule has 2 unspecified atom stereocenters. The van der Waals surface area contributed by atoms with Gasteiger partial charge < -0.3 is 14.8 Å². The van der Waals surface area contributed by atoms with Gasteiger partial charge in [-0.3, -0.25) is 0 Å². The summed E-state index contributed by atoms with van der Waals surface area (Å²) >= 11 is 0. The molecule has 82 valence electrons. The zero-order chi connectivity index (χ0) is 10.7. The van der Waals surface area contributed by atoms with Crippen molar-refractivity contribution in [1.82, 2.24) is 9.97 Å². The monoisotopic (exact) mass is 209 g/mol. The number of aromatic nitrogens is 2. The van der Waals surface area contributed by atoms with Crippen molar-refractivity contribution in [2.75, 3.05) is 19.0 Å². The van der Waals surface area contributed by atoms with E-state index in [-0.39, 0.29) is 12.1 Å². The van der Waals surface area contributed by atoms with Gasteiger partial charge >= 0.3 is 0 Å². The molecule has 1 N–H and O–H groups in total. The van der Waals surface area contributed by atoms with E-state index in [4.69, 9.17) is 9.47 Å². The number of nitrogens with one attached hydrogen (secondary N) is 1. The van der Waals surface area contributed by atoms with Crippen LogP contribution in [0.4, 0.5) is 5.95 Å². The van der Waals surface area contributed by atoms with Gasteiger partial charge in [-0.15, -0.1) is 0 Å². The molecule has 0 aliphatic carbocycles. The van der Waals surface area contributed by atoms with Crippen LogP contribution < -0.4 is 10.1 Å². The molecule has 0 saturated carbocycles. The minimum atomic E-state index is 0.208. The molecule has 0 amide bonds. The van der Waals surface area contributed by atoms with Gasteiger partial charge in [-0.05, 0) is 13.3 Å². The van der Waals surface area contributed by atoms with Crippen molar-refractivity contribution < 1.29 is 9.47 Å². The lowest BCUT2D eigenvalue weighted by Crippen LogP contribution is -2.27. The summed E-state index contributed by atoms with van der Waals surface area (Å²) < 4.78 is 10.5. The third-order valence-corrected chi connectivity index (χ3v) is 2.53. The maximum Gasteiger partial charge on any atom is 0.226 e. The molecule has 2 heterocycles. The van der Waals surface area contributed by atoms with Gasteiger partial charge in [0, 0.05) is 18.9 Å². The maximum absolute atomic E-state index is 5.44. The highest BCUT2D eigenvalue weighted by Gasteiger charge is 2.24. The van der Waals surface area contributed by atoms with Crippen LogP contribution in [0.15, 0.2) is 12.3 Å². The van der Waals surface area contributed by atoms with Gasteiger partial charge in [-0.25, -0.2) is 4.98 Å². The first-order valence-corrected chi connectivity index (χ1v) is 5.05. The van der Waals surface area contributed by atoms with E-state index >= 15 is 0 Å². The summed E-state index contributed by atoms with van der Waals surface area (Å²) in [7, 11) is 1.59. The molecule has 1 aromatic rings. The van der Waals surface area contributed by atoms with Gasteiger partial charge in [0.15, 0.2) is 0 Å². The van der Waals surface area contributed by atoms with E-state index in [1.165, 1.54) is 0 Å². The Morgan fingerprint density at radius 1 is 1.60 bits per heavy atom. The van der Waals surface area contributed by atoms with Crippen molar-refractivity contribution in [3.8, 4) is 5.88 Å². The highest BCUT2D eigenvalue weighted by molar-refractivity contribution is 5.29. The Morgan fingerprint density at radius 3 is 3.13 bits per heavy atom. The van der Waals surface area contributed by atoms with Crippen LogP contribution in [-0.4, -0.2) is 35.8 Å². The third kappa shape index (κ3) is 2.36.